The summed E-state index contributed by atoms with van der Waals surface area (Å²) in [6.45, 7) is -1.94. The van der Waals surface area contributed by atoms with Crippen LogP contribution in [-0.2, 0) is 0 Å². The molecule has 5 nitrogen and oxygen atoms in total. The van der Waals surface area contributed by atoms with Gasteiger partial charge in [0.2, 0.25) is 13.1 Å². The minimum Gasteiger partial charge on any atom is -0.257 e. The molecule has 16 heavy (non-hydrogen) atoms. The molecule has 2 atom stereocenters. The van der Waals surface area contributed by atoms with Crippen LogP contribution in [0.4, 0.5) is 0 Å². The number of nitrogens with zero attached hydrogens (tertiary/aromatic N) is 3. The van der Waals surface area contributed by atoms with Crippen molar-refractivity contribution >= 4 is 64.3 Å². The molecule has 0 aromatic rings. The Morgan fingerprint density at radius 2 is 1.44 bits per heavy atom. The van der Waals surface area contributed by atoms with Crippen LogP contribution in [0.25, 0.3) is 0 Å². The Labute approximate surface area is 112 Å². The SMILES string of the molecule is ClP1(Cl)=N[P@@]2(=N[P@@]3(=N1)NCCS3)NCCS2. The van der Waals surface area contributed by atoms with E-state index in [9.17, 15) is 0 Å². The van der Waals surface area contributed by atoms with Gasteiger partial charge in [-0.15, -0.1) is 0 Å². The first-order chi connectivity index (χ1) is 7.54. The van der Waals surface area contributed by atoms with Crippen molar-refractivity contribution in [1.82, 2.24) is 10.2 Å². The molecule has 3 aliphatic heterocycles. The summed E-state index contributed by atoms with van der Waals surface area (Å²) in [6, 6.07) is 0. The van der Waals surface area contributed by atoms with E-state index in [1.165, 1.54) is 0 Å². The van der Waals surface area contributed by atoms with E-state index in [-0.39, 0.29) is 0 Å². The Balaban J connectivity index is 2.18. The van der Waals surface area contributed by atoms with Crippen LogP contribution in [0, 0.1) is 0 Å². The van der Waals surface area contributed by atoms with Gasteiger partial charge in [0.1, 0.15) is 0 Å². The predicted molar refractivity (Wildman–Crippen MR) is 80.7 cm³/mol. The van der Waals surface area contributed by atoms with E-state index in [4.69, 9.17) is 27.0 Å². The molecule has 2 saturated heterocycles. The zero-order chi connectivity index (χ0) is 11.3. The van der Waals surface area contributed by atoms with Crippen LogP contribution in [0.1, 0.15) is 0 Å². The summed E-state index contributed by atoms with van der Waals surface area (Å²) in [6.07, 6.45) is 0. The molecule has 3 aliphatic rings. The lowest BCUT2D eigenvalue weighted by molar-refractivity contribution is 1.04. The summed E-state index contributed by atoms with van der Waals surface area (Å²) in [5, 5.41) is 6.79. The van der Waals surface area contributed by atoms with Crippen molar-refractivity contribution < 1.29 is 0 Å². The average molecular weight is 356 g/mol. The van der Waals surface area contributed by atoms with Crippen LogP contribution in [-0.4, -0.2) is 24.6 Å². The van der Waals surface area contributed by atoms with Crippen LogP contribution in [0.3, 0.4) is 0 Å². The summed E-state index contributed by atoms with van der Waals surface area (Å²) in [7, 11) is 0. The average Bonchev–Trinajstić information content (AvgIpc) is 2.73. The number of hydrogen-bond donors (Lipinski definition) is 2. The van der Waals surface area contributed by atoms with E-state index in [0.29, 0.717) is 0 Å². The second kappa shape index (κ2) is 4.47. The van der Waals surface area contributed by atoms with E-state index in [1.54, 1.807) is 22.8 Å². The fourth-order valence-corrected chi connectivity index (χ4v) is 24.8. The Bertz CT molecular complexity index is 451. The first kappa shape index (κ1) is 12.9. The van der Waals surface area contributed by atoms with Gasteiger partial charge in [-0.25, -0.2) is 0 Å². The third-order valence-electron chi connectivity index (χ3n) is 2.08. The molecule has 0 bridgehead atoms. The highest BCUT2D eigenvalue weighted by atomic mass is 35.9. The van der Waals surface area contributed by atoms with Crippen molar-refractivity contribution in [2.45, 2.75) is 0 Å². The van der Waals surface area contributed by atoms with Gasteiger partial charge in [-0.1, -0.05) is 22.8 Å². The highest BCUT2D eigenvalue weighted by molar-refractivity contribution is 8.64. The van der Waals surface area contributed by atoms with E-state index in [2.05, 4.69) is 19.2 Å². The molecular formula is C4H10Cl2N5P3S2. The number of halogens is 2. The fraction of sp³-hybridized carbons (Fsp3) is 1.00. The van der Waals surface area contributed by atoms with Gasteiger partial charge < -0.3 is 0 Å². The molecule has 2 N–H and O–H groups in total. The van der Waals surface area contributed by atoms with Crippen molar-refractivity contribution in [3.8, 4) is 0 Å². The first-order valence-corrected chi connectivity index (χ1v) is 14.7. The van der Waals surface area contributed by atoms with Crippen LogP contribution < -0.4 is 10.2 Å². The normalized spacial score (nSPS) is 45.4. The highest BCUT2D eigenvalue weighted by Gasteiger charge is 2.39. The summed E-state index contributed by atoms with van der Waals surface area (Å²) >= 11 is 16.0. The van der Waals surface area contributed by atoms with Gasteiger partial charge in [0.15, 0.2) is 0 Å². The fourth-order valence-electron chi connectivity index (χ4n) is 1.56. The third kappa shape index (κ3) is 2.45. The van der Waals surface area contributed by atoms with E-state index in [1.807, 2.05) is 0 Å². The molecule has 0 amide bonds. The molecule has 2 spiro atoms. The molecular weight excluding hydrogens is 346 g/mol. The molecule has 0 aromatic heterocycles. The highest BCUT2D eigenvalue weighted by Crippen LogP contribution is 2.87. The monoisotopic (exact) mass is 355 g/mol. The molecule has 0 aliphatic carbocycles. The second-order valence-electron chi connectivity index (χ2n) is 3.29. The molecule has 0 radical (unpaired) electrons. The maximum atomic E-state index is 6.24. The summed E-state index contributed by atoms with van der Waals surface area (Å²) in [5.74, 6) is -0.479. The van der Waals surface area contributed by atoms with Crippen molar-refractivity contribution in [2.75, 3.05) is 24.6 Å². The summed E-state index contributed by atoms with van der Waals surface area (Å²) < 4.78 is 13.9. The smallest absolute Gasteiger partial charge is 0.257 e. The quantitative estimate of drug-likeness (QED) is 0.601. The summed E-state index contributed by atoms with van der Waals surface area (Å²) in [5.41, 5.74) is 0. The second-order valence-corrected chi connectivity index (χ2v) is 18.4. The van der Waals surface area contributed by atoms with Crippen molar-refractivity contribution in [1.29, 1.82) is 0 Å². The Morgan fingerprint density at radius 3 is 1.94 bits per heavy atom. The lowest BCUT2D eigenvalue weighted by Crippen LogP contribution is -2.05. The largest absolute Gasteiger partial charge is 0.257 e. The van der Waals surface area contributed by atoms with Gasteiger partial charge in [0.05, 0.1) is 0 Å². The lowest BCUT2D eigenvalue weighted by Gasteiger charge is -2.25. The predicted octanol–water partition coefficient (Wildman–Crippen LogP) is 4.99. The summed E-state index contributed by atoms with van der Waals surface area (Å²) in [4.78, 5) is 0. The molecule has 0 aromatic carbocycles. The molecule has 2 fully saturated rings. The molecule has 3 rings (SSSR count). The Hall–Kier alpha value is 1.89. The standard InChI is InChI=1S/C4H10Cl2N5P3S2/c5-12(6)9-13(7-1-3-15-13)11-14(10-12)8-2-4-16-14/h7-8H,1-4H2/t13-,14+. The maximum Gasteiger partial charge on any atom is 0.257 e. The number of rotatable bonds is 0. The minimum absolute atomic E-state index is 0.934. The number of hydrogen-bond acceptors (Lipinski definition) is 7. The van der Waals surface area contributed by atoms with E-state index < -0.39 is 19.0 Å². The van der Waals surface area contributed by atoms with E-state index in [0.717, 1.165) is 24.6 Å². The van der Waals surface area contributed by atoms with Gasteiger partial charge in [0.25, 0.3) is 5.91 Å². The first-order valence-electron chi connectivity index (χ1n) is 4.63. The zero-order valence-electron chi connectivity index (χ0n) is 8.08. The zero-order valence-corrected chi connectivity index (χ0v) is 13.9. The lowest BCUT2D eigenvalue weighted by atomic mass is 10.8. The molecule has 3 heterocycles. The molecule has 0 saturated carbocycles. The topological polar surface area (TPSA) is 61.1 Å². The minimum atomic E-state index is -2.53. The van der Waals surface area contributed by atoms with Crippen LogP contribution in [0.15, 0.2) is 13.5 Å². The number of nitrogens with one attached hydrogen (secondary N) is 2. The van der Waals surface area contributed by atoms with Crippen LogP contribution in [0.5, 0.6) is 0 Å². The molecule has 92 valence electrons. The van der Waals surface area contributed by atoms with Gasteiger partial charge in [-0.05, 0) is 22.5 Å². The Kier molecular flexibility index (Phi) is 3.60. The van der Waals surface area contributed by atoms with Crippen molar-refractivity contribution in [3.63, 3.8) is 0 Å². The maximum absolute atomic E-state index is 6.24. The van der Waals surface area contributed by atoms with Gasteiger partial charge >= 0.3 is 0 Å². The Morgan fingerprint density at radius 1 is 0.875 bits per heavy atom. The molecule has 12 heteroatoms. The van der Waals surface area contributed by atoms with Crippen LogP contribution in [0.2, 0.25) is 0 Å². The van der Waals surface area contributed by atoms with Gasteiger partial charge in [-0.3, -0.25) is 10.2 Å². The van der Waals surface area contributed by atoms with Crippen molar-refractivity contribution in [3.05, 3.63) is 0 Å². The van der Waals surface area contributed by atoms with E-state index >= 15 is 0 Å². The van der Waals surface area contributed by atoms with Crippen molar-refractivity contribution in [2.24, 2.45) is 13.5 Å². The van der Waals surface area contributed by atoms with Gasteiger partial charge in [-0.2, -0.15) is 13.5 Å². The van der Waals surface area contributed by atoms with Crippen LogP contribution >= 0.6 is 64.3 Å². The third-order valence-corrected chi connectivity index (χ3v) is 19.5. The molecule has 0 unspecified atom stereocenters. The van der Waals surface area contributed by atoms with Gasteiger partial charge in [0, 0.05) is 24.6 Å².